The maximum atomic E-state index is 12.4. The van der Waals surface area contributed by atoms with Crippen LogP contribution in [0, 0.1) is 16.4 Å². The van der Waals surface area contributed by atoms with Crippen LogP contribution in [0.4, 0.5) is 0 Å². The third-order valence-electron chi connectivity index (χ3n) is 3.48. The predicted molar refractivity (Wildman–Crippen MR) is 80.2 cm³/mol. The first-order valence-corrected chi connectivity index (χ1v) is 7.35. The van der Waals surface area contributed by atoms with Gasteiger partial charge in [0.05, 0.1) is 11.5 Å². The number of likely N-dealkylation sites (tertiary alicyclic amines) is 1. The molecule has 19 heavy (non-hydrogen) atoms. The van der Waals surface area contributed by atoms with Gasteiger partial charge in [-0.25, -0.2) is 0 Å². The number of aliphatic carboxylic acids is 1. The van der Waals surface area contributed by atoms with Crippen LogP contribution in [0.25, 0.3) is 0 Å². The van der Waals surface area contributed by atoms with Crippen molar-refractivity contribution in [2.45, 2.75) is 19.8 Å². The molecule has 1 aliphatic heterocycles. The summed E-state index contributed by atoms with van der Waals surface area (Å²) in [5.74, 6) is -1.05. The van der Waals surface area contributed by atoms with Crippen molar-refractivity contribution in [3.63, 3.8) is 0 Å². The minimum absolute atomic E-state index is 0.0111. The highest BCUT2D eigenvalue weighted by molar-refractivity contribution is 14.1. The van der Waals surface area contributed by atoms with Gasteiger partial charge in [-0.15, -0.1) is 0 Å². The van der Waals surface area contributed by atoms with E-state index < -0.39 is 5.97 Å². The first kappa shape index (κ1) is 14.3. The monoisotopic (exact) mass is 373 g/mol. The number of halogens is 1. The van der Waals surface area contributed by atoms with Crippen LogP contribution in [-0.4, -0.2) is 35.0 Å². The van der Waals surface area contributed by atoms with Crippen LogP contribution >= 0.6 is 22.6 Å². The van der Waals surface area contributed by atoms with E-state index in [0.29, 0.717) is 25.9 Å². The van der Waals surface area contributed by atoms with Crippen LogP contribution < -0.4 is 0 Å². The number of benzene rings is 1. The van der Waals surface area contributed by atoms with E-state index in [1.54, 1.807) is 4.90 Å². The molecular weight excluding hydrogens is 357 g/mol. The molecule has 1 aromatic rings. The fourth-order valence-electron chi connectivity index (χ4n) is 2.30. The maximum Gasteiger partial charge on any atom is 0.306 e. The van der Waals surface area contributed by atoms with Crippen molar-refractivity contribution in [1.82, 2.24) is 4.90 Å². The number of rotatable bonds is 2. The first-order valence-electron chi connectivity index (χ1n) is 6.27. The third kappa shape index (κ3) is 3.26. The number of piperidine rings is 1. The topological polar surface area (TPSA) is 57.6 Å². The average Bonchev–Trinajstić information content (AvgIpc) is 2.41. The Morgan fingerprint density at radius 1 is 1.32 bits per heavy atom. The molecule has 0 aliphatic carbocycles. The molecule has 0 aromatic heterocycles. The second-order valence-electron chi connectivity index (χ2n) is 4.89. The first-order chi connectivity index (χ1) is 8.99. The van der Waals surface area contributed by atoms with Gasteiger partial charge in [-0.3, -0.25) is 9.59 Å². The zero-order valence-corrected chi connectivity index (χ0v) is 12.9. The van der Waals surface area contributed by atoms with Gasteiger partial charge < -0.3 is 10.0 Å². The molecule has 1 aliphatic rings. The third-order valence-corrected chi connectivity index (χ3v) is 4.42. The fraction of sp³-hybridized carbons (Fsp3) is 0.429. The summed E-state index contributed by atoms with van der Waals surface area (Å²) in [6.07, 6.45) is 1.09. The van der Waals surface area contributed by atoms with Crippen molar-refractivity contribution in [2.24, 2.45) is 5.92 Å². The van der Waals surface area contributed by atoms with E-state index in [-0.39, 0.29) is 11.8 Å². The van der Waals surface area contributed by atoms with Crippen LogP contribution in [0.3, 0.4) is 0 Å². The van der Waals surface area contributed by atoms with E-state index >= 15 is 0 Å². The predicted octanol–water partition coefficient (Wildman–Crippen LogP) is 2.54. The van der Waals surface area contributed by atoms with Crippen LogP contribution in [0.5, 0.6) is 0 Å². The molecule has 1 saturated heterocycles. The molecule has 0 spiro atoms. The zero-order chi connectivity index (χ0) is 14.0. The average molecular weight is 373 g/mol. The summed E-state index contributed by atoms with van der Waals surface area (Å²) in [5.41, 5.74) is 1.78. The second kappa shape index (κ2) is 5.90. The Labute approximate surface area is 125 Å². The van der Waals surface area contributed by atoms with Crippen LogP contribution in [0.1, 0.15) is 28.8 Å². The normalized spacial score (nSPS) is 16.4. The SMILES string of the molecule is Cc1ccc(I)c(C(=O)N2CCC(C(=O)O)CC2)c1. The molecule has 0 unspecified atom stereocenters. The molecule has 1 amide bonds. The van der Waals surface area contributed by atoms with E-state index in [1.807, 2.05) is 25.1 Å². The number of amides is 1. The number of nitrogens with zero attached hydrogens (tertiary/aromatic N) is 1. The number of carboxylic acids is 1. The highest BCUT2D eigenvalue weighted by Gasteiger charge is 2.28. The van der Waals surface area contributed by atoms with E-state index in [0.717, 1.165) is 14.7 Å². The molecule has 2 rings (SSSR count). The number of carboxylic acid groups (broad SMARTS) is 1. The van der Waals surface area contributed by atoms with Gasteiger partial charge in [0.15, 0.2) is 0 Å². The Bertz CT molecular complexity index is 507. The second-order valence-corrected chi connectivity index (χ2v) is 6.05. The smallest absolute Gasteiger partial charge is 0.306 e. The zero-order valence-electron chi connectivity index (χ0n) is 10.7. The molecule has 0 saturated carbocycles. The molecule has 1 fully saturated rings. The van der Waals surface area contributed by atoms with Crippen molar-refractivity contribution in [3.8, 4) is 0 Å². The van der Waals surface area contributed by atoms with Crippen molar-refractivity contribution in [2.75, 3.05) is 13.1 Å². The summed E-state index contributed by atoms with van der Waals surface area (Å²) in [6.45, 7) is 3.02. The number of carbonyl (C=O) groups excluding carboxylic acids is 1. The molecule has 1 N–H and O–H groups in total. The van der Waals surface area contributed by atoms with E-state index in [4.69, 9.17) is 5.11 Å². The minimum atomic E-state index is -0.753. The Kier molecular flexibility index (Phi) is 4.44. The lowest BCUT2D eigenvalue weighted by atomic mass is 9.96. The van der Waals surface area contributed by atoms with E-state index in [2.05, 4.69) is 22.6 Å². The minimum Gasteiger partial charge on any atom is -0.481 e. The number of aryl methyl sites for hydroxylation is 1. The summed E-state index contributed by atoms with van der Waals surface area (Å²) in [7, 11) is 0. The summed E-state index contributed by atoms with van der Waals surface area (Å²) < 4.78 is 0.938. The van der Waals surface area contributed by atoms with Gasteiger partial charge in [0, 0.05) is 16.7 Å². The highest BCUT2D eigenvalue weighted by atomic mass is 127. The van der Waals surface area contributed by atoms with Gasteiger partial charge >= 0.3 is 5.97 Å². The summed E-state index contributed by atoms with van der Waals surface area (Å²) in [4.78, 5) is 25.1. The standard InChI is InChI=1S/C14H16INO3/c1-9-2-3-12(15)11(8-9)13(17)16-6-4-10(5-7-16)14(18)19/h2-3,8,10H,4-7H2,1H3,(H,18,19). The molecule has 1 heterocycles. The molecular formula is C14H16INO3. The molecule has 0 atom stereocenters. The van der Waals surface area contributed by atoms with Gasteiger partial charge in [0.1, 0.15) is 0 Å². The highest BCUT2D eigenvalue weighted by Crippen LogP contribution is 2.22. The Morgan fingerprint density at radius 3 is 2.53 bits per heavy atom. The van der Waals surface area contributed by atoms with Gasteiger partial charge in [0.2, 0.25) is 0 Å². The quantitative estimate of drug-likeness (QED) is 0.811. The molecule has 0 bridgehead atoms. The number of carbonyl (C=O) groups is 2. The summed E-state index contributed by atoms with van der Waals surface area (Å²) in [6, 6.07) is 5.82. The Hall–Kier alpha value is -1.11. The number of hydrogen-bond donors (Lipinski definition) is 1. The van der Waals surface area contributed by atoms with Crippen LogP contribution in [-0.2, 0) is 4.79 Å². The van der Waals surface area contributed by atoms with Crippen molar-refractivity contribution in [1.29, 1.82) is 0 Å². The van der Waals surface area contributed by atoms with Gasteiger partial charge in [0.25, 0.3) is 5.91 Å². The lowest BCUT2D eigenvalue weighted by Crippen LogP contribution is -2.40. The largest absolute Gasteiger partial charge is 0.481 e. The number of hydrogen-bond acceptors (Lipinski definition) is 2. The summed E-state index contributed by atoms with van der Waals surface area (Å²) >= 11 is 2.16. The Balaban J connectivity index is 2.09. The van der Waals surface area contributed by atoms with Crippen LogP contribution in [0.2, 0.25) is 0 Å². The maximum absolute atomic E-state index is 12.4. The van der Waals surface area contributed by atoms with E-state index in [1.165, 1.54) is 0 Å². The molecule has 0 radical (unpaired) electrons. The fourth-order valence-corrected chi connectivity index (χ4v) is 2.87. The van der Waals surface area contributed by atoms with Gasteiger partial charge in [-0.2, -0.15) is 0 Å². The van der Waals surface area contributed by atoms with E-state index in [9.17, 15) is 9.59 Å². The Morgan fingerprint density at radius 2 is 1.95 bits per heavy atom. The molecule has 5 heteroatoms. The van der Waals surface area contributed by atoms with Crippen molar-refractivity contribution in [3.05, 3.63) is 32.9 Å². The summed E-state index contributed by atoms with van der Waals surface area (Å²) in [5, 5.41) is 8.96. The van der Waals surface area contributed by atoms with Crippen molar-refractivity contribution >= 4 is 34.5 Å². The lowest BCUT2D eigenvalue weighted by Gasteiger charge is -2.30. The molecule has 1 aromatic carbocycles. The lowest BCUT2D eigenvalue weighted by molar-refractivity contribution is -0.143. The van der Waals surface area contributed by atoms with Gasteiger partial charge in [-0.1, -0.05) is 11.6 Å². The van der Waals surface area contributed by atoms with Crippen LogP contribution in [0.15, 0.2) is 18.2 Å². The molecule has 4 nitrogen and oxygen atoms in total. The van der Waals surface area contributed by atoms with Crippen molar-refractivity contribution < 1.29 is 14.7 Å². The molecule has 102 valence electrons. The van der Waals surface area contributed by atoms with Gasteiger partial charge in [-0.05, 0) is 54.5 Å².